The molecule has 0 aromatic heterocycles. The summed E-state index contributed by atoms with van der Waals surface area (Å²) < 4.78 is 48.6. The lowest BCUT2D eigenvalue weighted by molar-refractivity contribution is 0.0827. The number of hydrogen-bond donors (Lipinski definition) is 2. The largest absolute Gasteiger partial charge is 0.487 e. The molecule has 3 atom stereocenters. The number of halogens is 1. The highest BCUT2D eigenvalue weighted by molar-refractivity contribution is 7.89. The van der Waals surface area contributed by atoms with Gasteiger partial charge in [0.05, 0.1) is 13.2 Å². The Balaban J connectivity index is 1.71. The minimum atomic E-state index is -4.07. The number of aliphatic hydroxyl groups is 1. The van der Waals surface area contributed by atoms with Crippen LogP contribution in [0.1, 0.15) is 24.2 Å². The maximum Gasteiger partial charge on any atom is 0.321 e. The molecule has 230 valence electrons. The van der Waals surface area contributed by atoms with Gasteiger partial charge in [-0.2, -0.15) is 4.31 Å². The van der Waals surface area contributed by atoms with Crippen molar-refractivity contribution in [3.05, 3.63) is 78.1 Å². The van der Waals surface area contributed by atoms with Gasteiger partial charge in [-0.3, -0.25) is 4.79 Å². The zero-order valence-electron chi connectivity index (χ0n) is 24.8. The molecule has 3 aromatic rings. The first kappa shape index (κ1) is 31.9. The third-order valence-electron chi connectivity index (χ3n) is 7.41. The normalized spacial score (nSPS) is 18.8. The molecule has 0 bridgehead atoms. The Morgan fingerprint density at radius 1 is 1.07 bits per heavy atom. The molecule has 0 fully saturated rings. The van der Waals surface area contributed by atoms with Gasteiger partial charge in [-0.15, -0.1) is 0 Å². The molecule has 0 unspecified atom stereocenters. The standard InChI is InChI=1S/C31H37FN4O6S/c1-20-17-36(21(2)19-37)43(40,41)29-14-9-23(22-7-6-8-24(15-22)30(38)34(3)4)16-27(29)42-28(20)18-35(5)31(39)33-26-12-10-25(32)11-13-26/h6-16,20-21,28,37H,17-19H2,1-5H3,(H,33,39)/t20-,21-,28-/m1/s1. The van der Waals surface area contributed by atoms with Gasteiger partial charge >= 0.3 is 6.03 Å². The number of sulfonamides is 1. The molecule has 12 heteroatoms. The van der Waals surface area contributed by atoms with Gasteiger partial charge in [0, 0.05) is 50.9 Å². The Kier molecular flexibility index (Phi) is 9.73. The van der Waals surface area contributed by atoms with Crippen molar-refractivity contribution < 1.29 is 32.2 Å². The molecule has 0 aliphatic carbocycles. The monoisotopic (exact) mass is 612 g/mol. The number of rotatable bonds is 7. The molecule has 0 spiro atoms. The maximum absolute atomic E-state index is 13.8. The fourth-order valence-corrected chi connectivity index (χ4v) is 6.64. The molecule has 3 amide bonds. The van der Waals surface area contributed by atoms with Crippen LogP contribution >= 0.6 is 0 Å². The summed E-state index contributed by atoms with van der Waals surface area (Å²) in [4.78, 5) is 28.4. The van der Waals surface area contributed by atoms with Crippen LogP contribution < -0.4 is 10.1 Å². The van der Waals surface area contributed by atoms with Crippen molar-refractivity contribution in [2.24, 2.45) is 5.92 Å². The van der Waals surface area contributed by atoms with Crippen LogP contribution in [0.4, 0.5) is 14.9 Å². The molecule has 1 aliphatic heterocycles. The average Bonchev–Trinajstić information content (AvgIpc) is 2.98. The van der Waals surface area contributed by atoms with Crippen molar-refractivity contribution in [2.75, 3.05) is 46.2 Å². The SMILES string of the molecule is C[C@@H]1CN([C@H](C)CO)S(=O)(=O)c2ccc(-c3cccc(C(=O)N(C)C)c3)cc2O[C@@H]1CN(C)C(=O)Nc1ccc(F)cc1. The second kappa shape index (κ2) is 13.1. The number of nitrogens with zero attached hydrogens (tertiary/aromatic N) is 3. The molecular weight excluding hydrogens is 575 g/mol. The molecule has 1 aliphatic rings. The third kappa shape index (κ3) is 7.15. The number of hydrogen-bond acceptors (Lipinski definition) is 6. The van der Waals surface area contributed by atoms with Gasteiger partial charge in [0.25, 0.3) is 5.91 Å². The topological polar surface area (TPSA) is 119 Å². The van der Waals surface area contributed by atoms with Crippen LogP contribution in [0, 0.1) is 11.7 Å². The predicted octanol–water partition coefficient (Wildman–Crippen LogP) is 4.13. The van der Waals surface area contributed by atoms with E-state index >= 15 is 0 Å². The molecular formula is C31H37FN4O6S. The van der Waals surface area contributed by atoms with Crippen molar-refractivity contribution >= 4 is 27.6 Å². The number of fused-ring (bicyclic) bond motifs is 1. The van der Waals surface area contributed by atoms with Crippen molar-refractivity contribution in [3.63, 3.8) is 0 Å². The number of aliphatic hydroxyl groups excluding tert-OH is 1. The maximum atomic E-state index is 13.8. The number of nitrogens with one attached hydrogen (secondary N) is 1. The van der Waals surface area contributed by atoms with Gasteiger partial charge in [0.15, 0.2) is 0 Å². The van der Waals surface area contributed by atoms with Crippen molar-refractivity contribution in [3.8, 4) is 16.9 Å². The summed E-state index contributed by atoms with van der Waals surface area (Å²) in [6.07, 6.45) is -0.636. The lowest BCUT2D eigenvalue weighted by atomic mass is 10.0. The van der Waals surface area contributed by atoms with Crippen LogP contribution in [0.3, 0.4) is 0 Å². The Morgan fingerprint density at radius 2 is 1.74 bits per heavy atom. The molecule has 0 radical (unpaired) electrons. The zero-order valence-corrected chi connectivity index (χ0v) is 25.6. The van der Waals surface area contributed by atoms with E-state index < -0.39 is 34.0 Å². The summed E-state index contributed by atoms with van der Waals surface area (Å²) in [5.41, 5.74) is 2.23. The van der Waals surface area contributed by atoms with E-state index in [0.29, 0.717) is 22.4 Å². The Morgan fingerprint density at radius 3 is 2.40 bits per heavy atom. The second-order valence-electron chi connectivity index (χ2n) is 11.0. The van der Waals surface area contributed by atoms with Crippen molar-refractivity contribution in [1.29, 1.82) is 0 Å². The predicted molar refractivity (Wildman–Crippen MR) is 162 cm³/mol. The minimum absolute atomic E-state index is 0.0536. The first-order valence-corrected chi connectivity index (χ1v) is 15.3. The highest BCUT2D eigenvalue weighted by Crippen LogP contribution is 2.37. The van der Waals surface area contributed by atoms with E-state index in [1.165, 1.54) is 44.4 Å². The summed E-state index contributed by atoms with van der Waals surface area (Å²) in [6.45, 7) is 3.24. The van der Waals surface area contributed by atoms with Gasteiger partial charge < -0.3 is 25.0 Å². The number of urea groups is 1. The Hall–Kier alpha value is -4.00. The first-order chi connectivity index (χ1) is 20.3. The van der Waals surface area contributed by atoms with E-state index in [0.717, 1.165) is 0 Å². The van der Waals surface area contributed by atoms with Crippen LogP contribution in [0.5, 0.6) is 5.75 Å². The zero-order chi connectivity index (χ0) is 31.5. The molecule has 1 heterocycles. The van der Waals surface area contributed by atoms with Gasteiger partial charge in [-0.05, 0) is 66.6 Å². The van der Waals surface area contributed by atoms with E-state index in [2.05, 4.69) is 5.32 Å². The highest BCUT2D eigenvalue weighted by atomic mass is 32.2. The Labute approximate surface area is 251 Å². The van der Waals surface area contributed by atoms with Gasteiger partial charge in [0.1, 0.15) is 22.6 Å². The molecule has 0 saturated carbocycles. The lowest BCUT2D eigenvalue weighted by Gasteiger charge is -2.37. The van der Waals surface area contributed by atoms with E-state index in [4.69, 9.17) is 4.74 Å². The summed E-state index contributed by atoms with van der Waals surface area (Å²) in [5.74, 6) is -0.881. The van der Waals surface area contributed by atoms with Crippen LogP contribution in [0.2, 0.25) is 0 Å². The summed E-state index contributed by atoms with van der Waals surface area (Å²) in [7, 11) is 0.846. The summed E-state index contributed by atoms with van der Waals surface area (Å²) in [6, 6.07) is 16.0. The summed E-state index contributed by atoms with van der Waals surface area (Å²) >= 11 is 0. The Bertz CT molecular complexity index is 1580. The minimum Gasteiger partial charge on any atom is -0.487 e. The molecule has 43 heavy (non-hydrogen) atoms. The third-order valence-corrected chi connectivity index (χ3v) is 9.43. The van der Waals surface area contributed by atoms with Gasteiger partial charge in [0.2, 0.25) is 10.0 Å². The van der Waals surface area contributed by atoms with Gasteiger partial charge in [-0.25, -0.2) is 17.6 Å². The molecule has 3 aromatic carbocycles. The second-order valence-corrected chi connectivity index (χ2v) is 12.9. The number of benzene rings is 3. The number of ether oxygens (including phenoxy) is 1. The fraction of sp³-hybridized carbons (Fsp3) is 0.355. The van der Waals surface area contributed by atoms with Crippen molar-refractivity contribution in [1.82, 2.24) is 14.1 Å². The van der Waals surface area contributed by atoms with E-state index in [1.54, 1.807) is 58.4 Å². The van der Waals surface area contributed by atoms with Crippen LogP contribution in [-0.2, 0) is 10.0 Å². The quantitative estimate of drug-likeness (QED) is 0.414. The van der Waals surface area contributed by atoms with Crippen LogP contribution in [-0.4, -0.2) is 92.6 Å². The van der Waals surface area contributed by atoms with E-state index in [9.17, 15) is 27.5 Å². The number of carbonyl (C=O) groups excluding carboxylic acids is 2. The first-order valence-electron chi connectivity index (χ1n) is 13.8. The van der Waals surface area contributed by atoms with Crippen LogP contribution in [0.25, 0.3) is 11.1 Å². The fourth-order valence-electron chi connectivity index (χ4n) is 4.82. The van der Waals surface area contributed by atoms with Crippen molar-refractivity contribution in [2.45, 2.75) is 30.9 Å². The molecule has 2 N–H and O–H groups in total. The summed E-state index contributed by atoms with van der Waals surface area (Å²) in [5, 5.41) is 12.6. The molecule has 10 nitrogen and oxygen atoms in total. The van der Waals surface area contributed by atoms with Gasteiger partial charge in [-0.1, -0.05) is 25.1 Å². The van der Waals surface area contributed by atoms with E-state index in [-0.39, 0.29) is 42.2 Å². The van der Waals surface area contributed by atoms with Crippen LogP contribution in [0.15, 0.2) is 71.6 Å². The smallest absolute Gasteiger partial charge is 0.321 e. The molecule has 0 saturated heterocycles. The molecule has 4 rings (SSSR count). The average molecular weight is 613 g/mol. The van der Waals surface area contributed by atoms with E-state index in [1.807, 2.05) is 13.0 Å². The number of amides is 3. The lowest BCUT2D eigenvalue weighted by Crippen LogP contribution is -2.50. The highest BCUT2D eigenvalue weighted by Gasteiger charge is 2.38. The number of anilines is 1. The number of likely N-dealkylation sites (N-methyl/N-ethyl adjacent to an activating group) is 1. The number of carbonyl (C=O) groups is 2.